The summed E-state index contributed by atoms with van der Waals surface area (Å²) in [4.78, 5) is 23.7. The van der Waals surface area contributed by atoms with E-state index in [4.69, 9.17) is 37.6 Å². The van der Waals surface area contributed by atoms with Crippen LogP contribution in [-0.4, -0.2) is 22.2 Å². The second-order valence-corrected chi connectivity index (χ2v) is 9.18. The summed E-state index contributed by atoms with van der Waals surface area (Å²) in [6.45, 7) is 3.50. The third-order valence-corrected chi connectivity index (χ3v) is 6.47. The van der Waals surface area contributed by atoms with Crippen molar-refractivity contribution in [1.82, 2.24) is 5.16 Å². The number of hydrogen-bond acceptors (Lipinski definition) is 5. The van der Waals surface area contributed by atoms with Crippen molar-refractivity contribution in [1.29, 1.82) is 0 Å². The molecule has 8 heteroatoms. The van der Waals surface area contributed by atoms with E-state index < -0.39 is 18.0 Å². The van der Waals surface area contributed by atoms with Crippen molar-refractivity contribution >= 4 is 35.1 Å². The Bertz CT molecular complexity index is 1370. The van der Waals surface area contributed by atoms with Crippen LogP contribution in [-0.2, 0) is 27.2 Å². The number of carboxylic acids is 1. The number of esters is 1. The number of benzene rings is 3. The van der Waals surface area contributed by atoms with Gasteiger partial charge in [0.1, 0.15) is 6.10 Å². The summed E-state index contributed by atoms with van der Waals surface area (Å²) in [5.41, 5.74) is 5.23. The van der Waals surface area contributed by atoms with Gasteiger partial charge in [-0.25, -0.2) is 0 Å². The van der Waals surface area contributed by atoms with Gasteiger partial charge in [-0.05, 0) is 42.7 Å². The highest BCUT2D eigenvalue weighted by Crippen LogP contribution is 2.33. The number of rotatable bonds is 8. The number of aromatic nitrogens is 1. The molecule has 4 rings (SSSR count). The molecule has 4 aromatic rings. The van der Waals surface area contributed by atoms with Crippen molar-refractivity contribution in [2.75, 3.05) is 0 Å². The highest BCUT2D eigenvalue weighted by atomic mass is 35.5. The summed E-state index contributed by atoms with van der Waals surface area (Å²) in [7, 11) is 0. The largest absolute Gasteiger partial charge is 0.481 e. The zero-order valence-electron chi connectivity index (χ0n) is 19.6. The van der Waals surface area contributed by atoms with E-state index in [1.54, 1.807) is 44.2 Å². The van der Waals surface area contributed by atoms with Crippen LogP contribution in [0.5, 0.6) is 0 Å². The summed E-state index contributed by atoms with van der Waals surface area (Å²) in [5, 5.41) is 13.9. The topological polar surface area (TPSA) is 89.6 Å². The molecule has 0 radical (unpaired) electrons. The third-order valence-electron chi connectivity index (χ3n) is 5.81. The molecule has 1 heterocycles. The lowest BCUT2D eigenvalue weighted by Crippen LogP contribution is -2.13. The SMILES string of the molecule is Cc1noc(-c2ccc(-c3ccc(CC(=O)O)cc3)cc2)c1CC(=O)OC(C)c1c(Cl)cccc1Cl. The molecule has 1 unspecified atom stereocenters. The van der Waals surface area contributed by atoms with Crippen LogP contribution in [0.3, 0.4) is 0 Å². The molecule has 0 aliphatic carbocycles. The summed E-state index contributed by atoms with van der Waals surface area (Å²) in [6.07, 6.45) is -0.660. The summed E-state index contributed by atoms with van der Waals surface area (Å²) in [6, 6.07) is 20.2. The average Bonchev–Trinajstić information content (AvgIpc) is 3.19. The van der Waals surface area contributed by atoms with Crippen LogP contribution < -0.4 is 0 Å². The Kier molecular flexibility index (Phi) is 7.77. The van der Waals surface area contributed by atoms with Crippen molar-refractivity contribution in [2.45, 2.75) is 32.8 Å². The Morgan fingerprint density at radius 3 is 2.06 bits per heavy atom. The maximum absolute atomic E-state index is 12.8. The number of hydrogen-bond donors (Lipinski definition) is 1. The van der Waals surface area contributed by atoms with E-state index in [1.165, 1.54) is 0 Å². The molecule has 6 nitrogen and oxygen atoms in total. The van der Waals surface area contributed by atoms with Gasteiger partial charge in [-0.3, -0.25) is 9.59 Å². The van der Waals surface area contributed by atoms with Crippen LogP contribution in [0.25, 0.3) is 22.5 Å². The van der Waals surface area contributed by atoms with Gasteiger partial charge in [0.05, 0.1) is 18.5 Å². The number of ether oxygens (including phenoxy) is 1. The average molecular weight is 524 g/mol. The van der Waals surface area contributed by atoms with E-state index in [0.29, 0.717) is 32.6 Å². The van der Waals surface area contributed by atoms with E-state index >= 15 is 0 Å². The molecule has 0 saturated carbocycles. The number of carboxylic acid groups (broad SMARTS) is 1. The fourth-order valence-electron chi connectivity index (χ4n) is 3.97. The summed E-state index contributed by atoms with van der Waals surface area (Å²) >= 11 is 12.5. The molecule has 0 spiro atoms. The number of nitrogens with zero attached hydrogens (tertiary/aromatic N) is 1. The summed E-state index contributed by atoms with van der Waals surface area (Å²) < 4.78 is 11.2. The van der Waals surface area contributed by atoms with Crippen molar-refractivity contribution in [3.8, 4) is 22.5 Å². The molecule has 0 saturated heterocycles. The first kappa shape index (κ1) is 25.5. The van der Waals surface area contributed by atoms with E-state index in [2.05, 4.69) is 5.16 Å². The third kappa shape index (κ3) is 5.78. The van der Waals surface area contributed by atoms with Crippen LogP contribution in [0.4, 0.5) is 0 Å². The molecule has 0 bridgehead atoms. The molecule has 184 valence electrons. The Hall–Kier alpha value is -3.61. The minimum atomic E-state index is -0.865. The van der Waals surface area contributed by atoms with E-state index in [1.807, 2.05) is 36.4 Å². The maximum Gasteiger partial charge on any atom is 0.311 e. The zero-order valence-corrected chi connectivity index (χ0v) is 21.1. The fourth-order valence-corrected chi connectivity index (χ4v) is 4.67. The number of carbonyl (C=O) groups excluding carboxylic acids is 1. The Labute approximate surface area is 218 Å². The predicted molar refractivity (Wildman–Crippen MR) is 138 cm³/mol. The first-order valence-electron chi connectivity index (χ1n) is 11.2. The molecular weight excluding hydrogens is 501 g/mol. The Morgan fingerprint density at radius 2 is 1.47 bits per heavy atom. The van der Waals surface area contributed by atoms with Crippen LogP contribution in [0.2, 0.25) is 10.0 Å². The van der Waals surface area contributed by atoms with Gasteiger partial charge in [0.15, 0.2) is 5.76 Å². The van der Waals surface area contributed by atoms with Gasteiger partial charge >= 0.3 is 11.9 Å². The molecule has 0 aliphatic heterocycles. The predicted octanol–water partition coefficient (Wildman–Crippen LogP) is 7.10. The standard InChI is InChI=1S/C28H23Cl2NO5/c1-16-22(15-26(34)35-17(2)27-23(29)4-3-5-24(27)30)28(36-31-16)21-12-10-20(11-13-21)19-8-6-18(7-9-19)14-25(32)33/h3-13,17H,14-15H2,1-2H3,(H,32,33). The van der Waals surface area contributed by atoms with Crippen molar-refractivity contribution in [3.05, 3.63) is 99.2 Å². The minimum absolute atomic E-state index is 0.0144. The lowest BCUT2D eigenvalue weighted by Gasteiger charge is -2.16. The van der Waals surface area contributed by atoms with Crippen molar-refractivity contribution < 1.29 is 24.0 Å². The van der Waals surface area contributed by atoms with E-state index in [0.717, 1.165) is 22.3 Å². The number of aliphatic carboxylic acids is 1. The highest BCUT2D eigenvalue weighted by molar-refractivity contribution is 6.36. The molecule has 0 fully saturated rings. The van der Waals surface area contributed by atoms with Gasteiger partial charge in [-0.1, -0.05) is 83.0 Å². The summed E-state index contributed by atoms with van der Waals surface area (Å²) in [5.74, 6) is -0.823. The molecular formula is C28H23Cl2NO5. The van der Waals surface area contributed by atoms with Gasteiger partial charge in [0.2, 0.25) is 0 Å². The van der Waals surface area contributed by atoms with Crippen molar-refractivity contribution in [2.24, 2.45) is 0 Å². The normalized spacial score (nSPS) is 11.8. The minimum Gasteiger partial charge on any atom is -0.481 e. The van der Waals surface area contributed by atoms with Gasteiger partial charge in [-0.2, -0.15) is 0 Å². The molecule has 1 aromatic heterocycles. The number of halogens is 2. The molecule has 0 aliphatic rings. The monoisotopic (exact) mass is 523 g/mol. The van der Waals surface area contributed by atoms with Crippen molar-refractivity contribution in [3.63, 3.8) is 0 Å². The van der Waals surface area contributed by atoms with Crippen LogP contribution in [0, 0.1) is 6.92 Å². The molecule has 1 atom stereocenters. The lowest BCUT2D eigenvalue weighted by molar-refractivity contribution is -0.147. The van der Waals surface area contributed by atoms with Gasteiger partial charge in [0.25, 0.3) is 0 Å². The highest BCUT2D eigenvalue weighted by Gasteiger charge is 2.22. The quantitative estimate of drug-likeness (QED) is 0.248. The second kappa shape index (κ2) is 11.0. The zero-order chi connectivity index (χ0) is 25.8. The first-order valence-corrected chi connectivity index (χ1v) is 12.0. The molecule has 1 N–H and O–H groups in total. The first-order chi connectivity index (χ1) is 17.2. The Balaban J connectivity index is 1.49. The molecule has 0 amide bonds. The second-order valence-electron chi connectivity index (χ2n) is 8.36. The molecule has 36 heavy (non-hydrogen) atoms. The lowest BCUT2D eigenvalue weighted by atomic mass is 9.99. The van der Waals surface area contributed by atoms with Crippen LogP contribution in [0.15, 0.2) is 71.3 Å². The fraction of sp³-hybridized carbons (Fsp3) is 0.179. The Morgan fingerprint density at radius 1 is 0.917 bits per heavy atom. The van der Waals surface area contributed by atoms with Crippen LogP contribution >= 0.6 is 23.2 Å². The van der Waals surface area contributed by atoms with E-state index in [9.17, 15) is 9.59 Å². The smallest absolute Gasteiger partial charge is 0.311 e. The molecule has 3 aromatic carbocycles. The van der Waals surface area contributed by atoms with Gasteiger partial charge < -0.3 is 14.4 Å². The van der Waals surface area contributed by atoms with E-state index in [-0.39, 0.29) is 12.8 Å². The van der Waals surface area contributed by atoms with Gasteiger partial charge in [-0.15, -0.1) is 0 Å². The number of carbonyl (C=O) groups is 2. The van der Waals surface area contributed by atoms with Gasteiger partial charge in [0, 0.05) is 26.7 Å². The maximum atomic E-state index is 12.8. The number of aryl methyl sites for hydroxylation is 1. The van der Waals surface area contributed by atoms with Crippen LogP contribution in [0.1, 0.15) is 35.4 Å².